The van der Waals surface area contributed by atoms with Crippen molar-refractivity contribution in [2.45, 2.75) is 26.2 Å². The fraction of sp³-hybridized carbons (Fsp3) is 0.333. The minimum Gasteiger partial charge on any atom is -0.300 e. The van der Waals surface area contributed by atoms with E-state index in [4.69, 9.17) is 0 Å². The van der Waals surface area contributed by atoms with Gasteiger partial charge in [0.05, 0.1) is 0 Å². The van der Waals surface area contributed by atoms with Crippen LogP contribution in [0.3, 0.4) is 0 Å². The molecular formula is C12H14O2. The van der Waals surface area contributed by atoms with Gasteiger partial charge in [-0.05, 0) is 19.4 Å². The van der Waals surface area contributed by atoms with E-state index in [0.717, 1.165) is 5.56 Å². The van der Waals surface area contributed by atoms with Crippen LogP contribution in [0.4, 0.5) is 0 Å². The molecule has 0 bridgehead atoms. The van der Waals surface area contributed by atoms with Crippen LogP contribution in [0.5, 0.6) is 0 Å². The molecule has 0 aliphatic rings. The zero-order chi connectivity index (χ0) is 10.6. The molecule has 74 valence electrons. The predicted octanol–water partition coefficient (Wildman–Crippen LogP) is 2.34. The van der Waals surface area contributed by atoms with Crippen molar-refractivity contribution in [3.8, 4) is 0 Å². The Labute approximate surface area is 83.9 Å². The Kier molecular flexibility index (Phi) is 3.57. The maximum absolute atomic E-state index is 11.3. The normalized spacial score (nSPS) is 12.1. The number of rotatable bonds is 4. The van der Waals surface area contributed by atoms with E-state index in [1.807, 2.05) is 30.3 Å². The summed E-state index contributed by atoms with van der Waals surface area (Å²) in [5.41, 5.74) is 0.926. The van der Waals surface area contributed by atoms with Crippen LogP contribution in [0.1, 0.15) is 31.7 Å². The lowest BCUT2D eigenvalue weighted by Crippen LogP contribution is -2.12. The van der Waals surface area contributed by atoms with Gasteiger partial charge in [0, 0.05) is 12.3 Å². The first-order valence-electron chi connectivity index (χ1n) is 4.66. The molecule has 0 saturated carbocycles. The average Bonchev–Trinajstić information content (AvgIpc) is 2.15. The fourth-order valence-corrected chi connectivity index (χ4v) is 1.47. The van der Waals surface area contributed by atoms with E-state index in [-0.39, 0.29) is 17.5 Å². The van der Waals surface area contributed by atoms with Crippen molar-refractivity contribution in [2.75, 3.05) is 0 Å². The lowest BCUT2D eigenvalue weighted by Gasteiger charge is -2.11. The molecular weight excluding hydrogens is 176 g/mol. The third-order valence-corrected chi connectivity index (χ3v) is 2.18. The first-order valence-corrected chi connectivity index (χ1v) is 4.66. The van der Waals surface area contributed by atoms with Gasteiger partial charge in [0.2, 0.25) is 0 Å². The van der Waals surface area contributed by atoms with Gasteiger partial charge in [0.15, 0.2) is 0 Å². The molecule has 0 amide bonds. The lowest BCUT2D eigenvalue weighted by atomic mass is 9.91. The third kappa shape index (κ3) is 2.80. The van der Waals surface area contributed by atoms with Gasteiger partial charge in [-0.15, -0.1) is 0 Å². The number of Topliss-reactive ketones (excluding diaryl/α,β-unsaturated/α-hetero) is 2. The highest BCUT2D eigenvalue weighted by Crippen LogP contribution is 2.20. The summed E-state index contributed by atoms with van der Waals surface area (Å²) in [7, 11) is 0. The molecule has 0 spiro atoms. The molecule has 0 radical (unpaired) electrons. The highest BCUT2D eigenvalue weighted by molar-refractivity contribution is 5.89. The standard InChI is InChI=1S/C12H14O2/c1-9(13)8-12(10(2)14)11-6-4-3-5-7-11/h3-7,12H,8H2,1-2H3. The van der Waals surface area contributed by atoms with E-state index in [1.165, 1.54) is 13.8 Å². The number of hydrogen-bond acceptors (Lipinski definition) is 2. The summed E-state index contributed by atoms with van der Waals surface area (Å²) in [6, 6.07) is 9.43. The number of carbonyl (C=O) groups is 2. The van der Waals surface area contributed by atoms with Crippen LogP contribution in [-0.2, 0) is 9.59 Å². The van der Waals surface area contributed by atoms with E-state index in [0.29, 0.717) is 6.42 Å². The molecule has 0 fully saturated rings. The van der Waals surface area contributed by atoms with Crippen molar-refractivity contribution in [1.29, 1.82) is 0 Å². The Hall–Kier alpha value is -1.44. The van der Waals surface area contributed by atoms with Crippen molar-refractivity contribution in [1.82, 2.24) is 0 Å². The second-order valence-electron chi connectivity index (χ2n) is 3.48. The molecule has 14 heavy (non-hydrogen) atoms. The van der Waals surface area contributed by atoms with Gasteiger partial charge < -0.3 is 0 Å². The largest absolute Gasteiger partial charge is 0.300 e. The van der Waals surface area contributed by atoms with E-state index in [2.05, 4.69) is 0 Å². The number of benzene rings is 1. The van der Waals surface area contributed by atoms with Crippen LogP contribution >= 0.6 is 0 Å². The Bertz CT molecular complexity index is 327. The molecule has 1 atom stereocenters. The summed E-state index contributed by atoms with van der Waals surface area (Å²) >= 11 is 0. The van der Waals surface area contributed by atoms with E-state index in [9.17, 15) is 9.59 Å². The molecule has 0 N–H and O–H groups in total. The first kappa shape index (κ1) is 10.6. The molecule has 0 aromatic heterocycles. The van der Waals surface area contributed by atoms with Crippen molar-refractivity contribution >= 4 is 11.6 Å². The van der Waals surface area contributed by atoms with Crippen molar-refractivity contribution in [2.24, 2.45) is 0 Å². The summed E-state index contributed by atoms with van der Waals surface area (Å²) in [5, 5.41) is 0. The molecule has 0 aliphatic heterocycles. The lowest BCUT2D eigenvalue weighted by molar-refractivity contribution is -0.123. The van der Waals surface area contributed by atoms with Gasteiger partial charge >= 0.3 is 0 Å². The maximum atomic E-state index is 11.3. The monoisotopic (exact) mass is 190 g/mol. The van der Waals surface area contributed by atoms with Crippen molar-refractivity contribution < 1.29 is 9.59 Å². The maximum Gasteiger partial charge on any atom is 0.137 e. The molecule has 0 saturated heterocycles. The Balaban J connectivity index is 2.89. The number of carbonyl (C=O) groups excluding carboxylic acids is 2. The second-order valence-corrected chi connectivity index (χ2v) is 3.48. The van der Waals surface area contributed by atoms with Crippen LogP contribution in [0, 0.1) is 0 Å². The van der Waals surface area contributed by atoms with E-state index in [1.54, 1.807) is 0 Å². The molecule has 1 aromatic rings. The minimum atomic E-state index is -0.270. The van der Waals surface area contributed by atoms with Crippen molar-refractivity contribution in [3.63, 3.8) is 0 Å². The van der Waals surface area contributed by atoms with Gasteiger partial charge in [0.1, 0.15) is 11.6 Å². The Morgan fingerprint density at radius 3 is 2.14 bits per heavy atom. The molecule has 2 nitrogen and oxygen atoms in total. The fourth-order valence-electron chi connectivity index (χ4n) is 1.47. The van der Waals surface area contributed by atoms with Crippen LogP contribution < -0.4 is 0 Å². The average molecular weight is 190 g/mol. The van der Waals surface area contributed by atoms with Crippen LogP contribution in [-0.4, -0.2) is 11.6 Å². The van der Waals surface area contributed by atoms with Gasteiger partial charge in [0.25, 0.3) is 0 Å². The highest BCUT2D eigenvalue weighted by atomic mass is 16.1. The number of hydrogen-bond donors (Lipinski definition) is 0. The third-order valence-electron chi connectivity index (χ3n) is 2.18. The predicted molar refractivity (Wildman–Crippen MR) is 55.2 cm³/mol. The summed E-state index contributed by atoms with van der Waals surface area (Å²) in [6.45, 7) is 3.04. The molecule has 2 heteroatoms. The highest BCUT2D eigenvalue weighted by Gasteiger charge is 2.17. The quantitative estimate of drug-likeness (QED) is 0.730. The number of ketones is 2. The summed E-state index contributed by atoms with van der Waals surface area (Å²) in [6.07, 6.45) is 0.305. The topological polar surface area (TPSA) is 34.1 Å². The van der Waals surface area contributed by atoms with Gasteiger partial charge in [-0.25, -0.2) is 0 Å². The van der Waals surface area contributed by atoms with Gasteiger partial charge in [-0.2, -0.15) is 0 Å². The molecule has 1 aromatic carbocycles. The Morgan fingerprint density at radius 2 is 1.71 bits per heavy atom. The summed E-state index contributed by atoms with van der Waals surface area (Å²) < 4.78 is 0. The smallest absolute Gasteiger partial charge is 0.137 e. The van der Waals surface area contributed by atoms with E-state index >= 15 is 0 Å². The Morgan fingerprint density at radius 1 is 1.14 bits per heavy atom. The zero-order valence-corrected chi connectivity index (χ0v) is 8.49. The zero-order valence-electron chi connectivity index (χ0n) is 8.49. The molecule has 1 rings (SSSR count). The van der Waals surface area contributed by atoms with Crippen molar-refractivity contribution in [3.05, 3.63) is 35.9 Å². The SMILES string of the molecule is CC(=O)CC(C(C)=O)c1ccccc1. The minimum absolute atomic E-state index is 0.0476. The second kappa shape index (κ2) is 4.70. The molecule has 1 unspecified atom stereocenters. The van der Waals surface area contributed by atoms with Crippen LogP contribution in [0.25, 0.3) is 0 Å². The van der Waals surface area contributed by atoms with Gasteiger partial charge in [-0.1, -0.05) is 30.3 Å². The van der Waals surface area contributed by atoms with Crippen LogP contribution in [0.15, 0.2) is 30.3 Å². The van der Waals surface area contributed by atoms with Gasteiger partial charge in [-0.3, -0.25) is 9.59 Å². The van der Waals surface area contributed by atoms with Crippen LogP contribution in [0.2, 0.25) is 0 Å². The molecule has 0 heterocycles. The summed E-state index contributed by atoms with van der Waals surface area (Å²) in [4.78, 5) is 22.3. The first-order chi connectivity index (χ1) is 6.61. The summed E-state index contributed by atoms with van der Waals surface area (Å²) in [5.74, 6) is -0.172. The van der Waals surface area contributed by atoms with E-state index < -0.39 is 0 Å². The molecule has 0 aliphatic carbocycles.